The molecule has 1 unspecified atom stereocenters. The third-order valence-electron chi connectivity index (χ3n) is 5.34. The van der Waals surface area contributed by atoms with Crippen LogP contribution in [-0.2, 0) is 4.74 Å². The molecule has 6 nitrogen and oxygen atoms in total. The predicted octanol–water partition coefficient (Wildman–Crippen LogP) is 4.24. The molecule has 4 heterocycles. The summed E-state index contributed by atoms with van der Waals surface area (Å²) in [6.45, 7) is 4.21. The van der Waals surface area contributed by atoms with E-state index in [0.717, 1.165) is 55.1 Å². The molecule has 0 amide bonds. The van der Waals surface area contributed by atoms with Gasteiger partial charge in [-0.05, 0) is 35.7 Å². The number of para-hydroxylation sites is 1. The van der Waals surface area contributed by atoms with E-state index < -0.39 is 0 Å². The molecule has 1 N–H and O–H groups in total. The molecular formula is C23H23N5OS. The van der Waals surface area contributed by atoms with Gasteiger partial charge in [-0.15, -0.1) is 11.3 Å². The van der Waals surface area contributed by atoms with Gasteiger partial charge in [0.1, 0.15) is 5.82 Å². The second kappa shape index (κ2) is 8.87. The van der Waals surface area contributed by atoms with Crippen molar-refractivity contribution in [1.82, 2.24) is 19.9 Å². The first kappa shape index (κ1) is 19.1. The van der Waals surface area contributed by atoms with Crippen LogP contribution in [0.5, 0.6) is 0 Å². The molecule has 0 saturated carbocycles. The number of rotatable bonds is 6. The van der Waals surface area contributed by atoms with Gasteiger partial charge in [0.25, 0.3) is 0 Å². The van der Waals surface area contributed by atoms with Crippen molar-refractivity contribution in [1.29, 1.82) is 0 Å². The summed E-state index contributed by atoms with van der Waals surface area (Å²) >= 11 is 1.80. The molecule has 152 valence electrons. The molecule has 1 atom stereocenters. The SMILES string of the molecule is c1cncc(-c2nc(NCC(c3cccs3)N3CCOCC3)c3ccccc3n2)c1. The van der Waals surface area contributed by atoms with Crippen molar-refractivity contribution in [2.45, 2.75) is 6.04 Å². The van der Waals surface area contributed by atoms with Gasteiger partial charge in [0, 0.05) is 47.9 Å². The van der Waals surface area contributed by atoms with Crippen molar-refractivity contribution in [2.24, 2.45) is 0 Å². The van der Waals surface area contributed by atoms with Crippen LogP contribution in [0, 0.1) is 0 Å². The first-order chi connectivity index (χ1) is 14.9. The van der Waals surface area contributed by atoms with E-state index in [0.29, 0.717) is 5.82 Å². The summed E-state index contributed by atoms with van der Waals surface area (Å²) in [6.07, 6.45) is 3.56. The number of nitrogens with zero attached hydrogens (tertiary/aromatic N) is 4. The van der Waals surface area contributed by atoms with Gasteiger partial charge in [0.2, 0.25) is 0 Å². The lowest BCUT2D eigenvalue weighted by Gasteiger charge is -2.34. The summed E-state index contributed by atoms with van der Waals surface area (Å²) in [6, 6.07) is 16.6. The number of nitrogens with one attached hydrogen (secondary N) is 1. The van der Waals surface area contributed by atoms with Crippen LogP contribution >= 0.6 is 11.3 Å². The fourth-order valence-corrected chi connectivity index (χ4v) is 4.67. The Morgan fingerprint density at radius 2 is 1.93 bits per heavy atom. The maximum atomic E-state index is 5.57. The molecule has 1 fully saturated rings. The van der Waals surface area contributed by atoms with Gasteiger partial charge in [-0.2, -0.15) is 0 Å². The van der Waals surface area contributed by atoms with E-state index in [2.05, 4.69) is 38.8 Å². The molecule has 1 aromatic carbocycles. The number of hydrogen-bond acceptors (Lipinski definition) is 7. The highest BCUT2D eigenvalue weighted by atomic mass is 32.1. The average molecular weight is 418 g/mol. The lowest BCUT2D eigenvalue weighted by atomic mass is 10.1. The molecule has 7 heteroatoms. The Hall–Kier alpha value is -2.87. The summed E-state index contributed by atoms with van der Waals surface area (Å²) in [5, 5.41) is 6.80. The summed E-state index contributed by atoms with van der Waals surface area (Å²) in [5.41, 5.74) is 1.84. The highest BCUT2D eigenvalue weighted by Gasteiger charge is 2.24. The van der Waals surface area contributed by atoms with E-state index in [1.165, 1.54) is 4.88 Å². The van der Waals surface area contributed by atoms with Crippen molar-refractivity contribution in [3.63, 3.8) is 0 Å². The molecule has 1 aliphatic rings. The Labute approximate surface area is 179 Å². The van der Waals surface area contributed by atoms with Gasteiger partial charge in [0.05, 0.1) is 24.8 Å². The number of fused-ring (bicyclic) bond motifs is 1. The fourth-order valence-electron chi connectivity index (χ4n) is 3.81. The van der Waals surface area contributed by atoms with Crippen molar-refractivity contribution < 1.29 is 4.74 Å². The minimum absolute atomic E-state index is 0.282. The van der Waals surface area contributed by atoms with Crippen molar-refractivity contribution in [3.05, 3.63) is 71.2 Å². The minimum Gasteiger partial charge on any atom is -0.379 e. The number of benzene rings is 1. The monoisotopic (exact) mass is 417 g/mol. The zero-order chi connectivity index (χ0) is 20.2. The second-order valence-corrected chi connectivity index (χ2v) is 8.19. The summed E-state index contributed by atoms with van der Waals surface area (Å²) in [4.78, 5) is 17.7. The zero-order valence-electron chi connectivity index (χ0n) is 16.6. The molecule has 0 radical (unpaired) electrons. The van der Waals surface area contributed by atoms with Gasteiger partial charge >= 0.3 is 0 Å². The summed E-state index contributed by atoms with van der Waals surface area (Å²) in [7, 11) is 0. The first-order valence-electron chi connectivity index (χ1n) is 10.1. The number of aromatic nitrogens is 3. The number of thiophene rings is 1. The molecule has 4 aromatic rings. The quantitative estimate of drug-likeness (QED) is 0.506. The number of ether oxygens (including phenoxy) is 1. The van der Waals surface area contributed by atoms with Gasteiger partial charge in [-0.3, -0.25) is 9.88 Å². The normalized spacial score (nSPS) is 15.9. The maximum Gasteiger partial charge on any atom is 0.163 e. The van der Waals surface area contributed by atoms with Gasteiger partial charge in [-0.25, -0.2) is 9.97 Å². The van der Waals surface area contributed by atoms with E-state index in [-0.39, 0.29) is 6.04 Å². The van der Waals surface area contributed by atoms with Crippen molar-refractivity contribution in [2.75, 3.05) is 38.2 Å². The highest BCUT2D eigenvalue weighted by molar-refractivity contribution is 7.10. The van der Waals surface area contributed by atoms with E-state index in [1.54, 1.807) is 23.7 Å². The lowest BCUT2D eigenvalue weighted by molar-refractivity contribution is 0.0194. The number of hydrogen-bond donors (Lipinski definition) is 1. The van der Waals surface area contributed by atoms with Crippen LogP contribution in [0.15, 0.2) is 66.3 Å². The van der Waals surface area contributed by atoms with Crippen molar-refractivity contribution >= 4 is 28.1 Å². The van der Waals surface area contributed by atoms with Crippen LogP contribution < -0.4 is 5.32 Å². The minimum atomic E-state index is 0.282. The smallest absolute Gasteiger partial charge is 0.163 e. The third kappa shape index (κ3) is 4.05. The summed E-state index contributed by atoms with van der Waals surface area (Å²) < 4.78 is 5.57. The zero-order valence-corrected chi connectivity index (χ0v) is 17.4. The first-order valence-corrected chi connectivity index (χ1v) is 11.0. The Balaban J connectivity index is 1.47. The van der Waals surface area contributed by atoms with Crippen molar-refractivity contribution in [3.8, 4) is 11.4 Å². The number of pyridine rings is 1. The van der Waals surface area contributed by atoms with Gasteiger partial charge in [0.15, 0.2) is 5.82 Å². The molecule has 0 spiro atoms. The topological polar surface area (TPSA) is 63.2 Å². The molecule has 0 aliphatic carbocycles. The largest absolute Gasteiger partial charge is 0.379 e. The van der Waals surface area contributed by atoms with E-state index in [4.69, 9.17) is 14.7 Å². The Morgan fingerprint density at radius 3 is 2.73 bits per heavy atom. The predicted molar refractivity (Wildman–Crippen MR) is 121 cm³/mol. The molecule has 5 rings (SSSR count). The molecule has 0 bridgehead atoms. The van der Waals surface area contributed by atoms with Crippen LogP contribution in [0.2, 0.25) is 0 Å². The maximum absolute atomic E-state index is 5.57. The average Bonchev–Trinajstić information content (AvgIpc) is 3.35. The van der Waals surface area contributed by atoms with E-state index in [1.807, 2.05) is 30.3 Å². The van der Waals surface area contributed by atoms with Crippen LogP contribution in [0.25, 0.3) is 22.3 Å². The Kier molecular flexibility index (Phi) is 5.65. The molecule has 1 saturated heterocycles. The second-order valence-electron chi connectivity index (χ2n) is 7.22. The highest BCUT2D eigenvalue weighted by Crippen LogP contribution is 2.29. The third-order valence-corrected chi connectivity index (χ3v) is 6.32. The lowest BCUT2D eigenvalue weighted by Crippen LogP contribution is -2.41. The van der Waals surface area contributed by atoms with Crippen LogP contribution in [0.1, 0.15) is 10.9 Å². The van der Waals surface area contributed by atoms with E-state index in [9.17, 15) is 0 Å². The molecule has 3 aromatic heterocycles. The Morgan fingerprint density at radius 1 is 1.03 bits per heavy atom. The van der Waals surface area contributed by atoms with Gasteiger partial charge < -0.3 is 10.1 Å². The van der Waals surface area contributed by atoms with Crippen LogP contribution in [0.4, 0.5) is 5.82 Å². The molecule has 30 heavy (non-hydrogen) atoms. The number of morpholine rings is 1. The molecule has 1 aliphatic heterocycles. The van der Waals surface area contributed by atoms with E-state index >= 15 is 0 Å². The van der Waals surface area contributed by atoms with Crippen LogP contribution in [-0.4, -0.2) is 52.7 Å². The summed E-state index contributed by atoms with van der Waals surface area (Å²) in [5.74, 6) is 1.54. The number of anilines is 1. The van der Waals surface area contributed by atoms with Crippen LogP contribution in [0.3, 0.4) is 0 Å². The standard InChI is InChI=1S/C23H23N5OS/c1-2-7-19-18(6-1)23(27-22(26-19)17-5-3-9-24-15-17)25-16-20(21-8-4-14-30-21)28-10-12-29-13-11-28/h1-9,14-15,20H,10-13,16H2,(H,25,26,27). The fraction of sp³-hybridized carbons (Fsp3) is 0.261. The molecular weight excluding hydrogens is 394 g/mol. The van der Waals surface area contributed by atoms with Gasteiger partial charge in [-0.1, -0.05) is 18.2 Å². The Bertz CT molecular complexity index is 1100.